The number of carbonyl (C=O) groups is 10. The van der Waals surface area contributed by atoms with Crippen molar-refractivity contribution in [3.63, 3.8) is 0 Å². The summed E-state index contributed by atoms with van der Waals surface area (Å²) in [5.41, 5.74) is 5.20. The molecule has 1 fully saturated rings. The smallest absolute Gasteiger partial charge is 0.333 e. The van der Waals surface area contributed by atoms with Crippen molar-refractivity contribution < 1.29 is 63.0 Å². The van der Waals surface area contributed by atoms with E-state index in [1.54, 1.807) is 0 Å². The van der Waals surface area contributed by atoms with Crippen LogP contribution in [0.3, 0.4) is 0 Å². The van der Waals surface area contributed by atoms with E-state index < -0.39 is 29.7 Å². The van der Waals surface area contributed by atoms with E-state index in [9.17, 15) is 47.9 Å². The number of nitrogens with two attached hydrogens (primary N) is 1. The molecule has 18 nitrogen and oxygen atoms in total. The zero-order valence-corrected chi connectivity index (χ0v) is 30.7. The van der Waals surface area contributed by atoms with E-state index in [1.165, 1.54) is 29.2 Å². The molecular formula is C36H53N5O13. The van der Waals surface area contributed by atoms with Crippen molar-refractivity contribution in [3.05, 3.63) is 24.3 Å². The van der Waals surface area contributed by atoms with Crippen LogP contribution in [-0.2, 0) is 52.8 Å². The first-order chi connectivity index (χ1) is 25.8. The van der Waals surface area contributed by atoms with Gasteiger partial charge in [0, 0.05) is 82.5 Å². The normalized spacial score (nSPS) is 14.6. The second-order valence-corrected chi connectivity index (χ2v) is 12.5. The van der Waals surface area contributed by atoms with Gasteiger partial charge in [0.25, 0.3) is 35.4 Å². The number of hydroxylamine groups is 2. The number of amides is 7. The fourth-order valence-corrected chi connectivity index (χ4v) is 5.05. The van der Waals surface area contributed by atoms with Crippen LogP contribution in [0, 0.1) is 0 Å². The standard InChI is InChI=1S/C16H24N2O5.C14H16N2O6.C6H13NO2/c19-13(17-11-5-1-4-8-16(22)23)7-3-2-6-12-18-14(20)9-10-15(18)21;17-10-5-6-11(18)15(10)9-3-1-2-4-14(21)22-16-12(19)7-8-13(16)20;7-5-3-1-2-4-6(8)9/h9-10H,1-8,11-12H2,(H,17,19)(H,22,23);5-6H,1-4,7-9H2;1-5,7H2,(H,8,9). The molecule has 7 amide bonds. The maximum Gasteiger partial charge on any atom is 0.333 e. The number of rotatable bonds is 24. The molecule has 3 heterocycles. The highest BCUT2D eigenvalue weighted by Gasteiger charge is 2.32. The summed E-state index contributed by atoms with van der Waals surface area (Å²) in [6, 6.07) is 0. The number of carbonyl (C=O) groups excluding carboxylic acids is 8. The number of hydrogen-bond donors (Lipinski definition) is 4. The fraction of sp³-hybridized carbons (Fsp3) is 0.611. The highest BCUT2D eigenvalue weighted by atomic mass is 16.7. The molecule has 0 aromatic heterocycles. The topological polar surface area (TPSA) is 268 Å². The maximum atomic E-state index is 11.6. The fourth-order valence-electron chi connectivity index (χ4n) is 5.05. The second kappa shape index (κ2) is 27.4. The Morgan fingerprint density at radius 2 is 0.981 bits per heavy atom. The Morgan fingerprint density at radius 3 is 1.43 bits per heavy atom. The van der Waals surface area contributed by atoms with Gasteiger partial charge in [-0.15, -0.1) is 5.06 Å². The summed E-state index contributed by atoms with van der Waals surface area (Å²) in [6.45, 7) is 1.94. The maximum absolute atomic E-state index is 11.6. The van der Waals surface area contributed by atoms with Gasteiger partial charge in [-0.3, -0.25) is 53.0 Å². The average Bonchev–Trinajstić information content (AvgIpc) is 3.74. The molecule has 1 saturated heterocycles. The van der Waals surface area contributed by atoms with E-state index in [2.05, 4.69) is 5.32 Å². The Kier molecular flexibility index (Phi) is 23.7. The summed E-state index contributed by atoms with van der Waals surface area (Å²) in [5, 5.41) is 20.0. The minimum absolute atomic E-state index is 0.0155. The Balaban J connectivity index is 0.000000442. The van der Waals surface area contributed by atoms with Crippen LogP contribution in [0.15, 0.2) is 24.3 Å². The van der Waals surface area contributed by atoms with Crippen molar-refractivity contribution in [3.8, 4) is 0 Å². The van der Waals surface area contributed by atoms with Crippen molar-refractivity contribution in [1.29, 1.82) is 0 Å². The van der Waals surface area contributed by atoms with Gasteiger partial charge in [-0.2, -0.15) is 0 Å². The lowest BCUT2D eigenvalue weighted by Crippen LogP contribution is -2.32. The average molecular weight is 764 g/mol. The van der Waals surface area contributed by atoms with Gasteiger partial charge in [-0.1, -0.05) is 25.7 Å². The number of nitrogens with one attached hydrogen (secondary N) is 1. The van der Waals surface area contributed by atoms with Gasteiger partial charge in [0.05, 0.1) is 0 Å². The van der Waals surface area contributed by atoms with Crippen LogP contribution in [0.25, 0.3) is 0 Å². The molecule has 0 spiro atoms. The third-order valence-electron chi connectivity index (χ3n) is 8.03. The van der Waals surface area contributed by atoms with Crippen LogP contribution in [0.2, 0.25) is 0 Å². The van der Waals surface area contributed by atoms with Gasteiger partial charge in [-0.05, 0) is 57.9 Å². The molecule has 0 aromatic carbocycles. The van der Waals surface area contributed by atoms with Crippen molar-refractivity contribution in [2.75, 3.05) is 26.2 Å². The van der Waals surface area contributed by atoms with Crippen molar-refractivity contribution in [2.24, 2.45) is 5.73 Å². The number of imide groups is 3. The monoisotopic (exact) mass is 763 g/mol. The SMILES string of the molecule is NCCCCCC(=O)O.O=C(CCCCCN1C(=O)C=CC1=O)ON1C(=O)CCC1=O.O=C(O)CCCCCNC(=O)CCCCCN1C(=O)C=CC1=O. The van der Waals surface area contributed by atoms with Gasteiger partial charge >= 0.3 is 17.9 Å². The van der Waals surface area contributed by atoms with E-state index >= 15 is 0 Å². The van der Waals surface area contributed by atoms with Crippen LogP contribution >= 0.6 is 0 Å². The van der Waals surface area contributed by atoms with Crippen molar-refractivity contribution in [2.45, 2.75) is 116 Å². The number of carboxylic acid groups (broad SMARTS) is 2. The first kappa shape index (κ1) is 46.8. The highest BCUT2D eigenvalue weighted by molar-refractivity contribution is 6.13. The van der Waals surface area contributed by atoms with Gasteiger partial charge in [0.2, 0.25) is 5.91 Å². The molecule has 0 unspecified atom stereocenters. The molecule has 0 saturated carbocycles. The molecule has 300 valence electrons. The Labute approximate surface area is 314 Å². The predicted octanol–water partition coefficient (Wildman–Crippen LogP) is 1.90. The van der Waals surface area contributed by atoms with Gasteiger partial charge in [-0.25, -0.2) is 4.79 Å². The molecule has 3 rings (SSSR count). The Bertz CT molecular complexity index is 1340. The molecule has 5 N–H and O–H groups in total. The molecule has 0 aromatic rings. The first-order valence-electron chi connectivity index (χ1n) is 18.3. The summed E-state index contributed by atoms with van der Waals surface area (Å²) in [6.07, 6.45) is 14.8. The number of aliphatic carboxylic acids is 2. The lowest BCUT2D eigenvalue weighted by atomic mass is 10.1. The van der Waals surface area contributed by atoms with E-state index in [4.69, 9.17) is 20.8 Å². The lowest BCUT2D eigenvalue weighted by Gasteiger charge is -2.14. The van der Waals surface area contributed by atoms with Gasteiger partial charge < -0.3 is 26.1 Å². The summed E-state index contributed by atoms with van der Waals surface area (Å²) in [4.78, 5) is 118. The highest BCUT2D eigenvalue weighted by Crippen LogP contribution is 2.14. The third-order valence-corrected chi connectivity index (χ3v) is 8.03. The number of nitrogens with zero attached hydrogens (tertiary/aromatic N) is 3. The molecular weight excluding hydrogens is 710 g/mol. The van der Waals surface area contributed by atoms with Crippen LogP contribution in [0.1, 0.15) is 116 Å². The quantitative estimate of drug-likeness (QED) is 0.0808. The molecule has 3 aliphatic rings. The lowest BCUT2D eigenvalue weighted by molar-refractivity contribution is -0.197. The zero-order chi connectivity index (χ0) is 40.3. The molecule has 18 heteroatoms. The predicted molar refractivity (Wildman–Crippen MR) is 190 cm³/mol. The van der Waals surface area contributed by atoms with Gasteiger partial charge in [0.1, 0.15) is 0 Å². The first-order valence-corrected chi connectivity index (χ1v) is 18.3. The molecule has 0 aliphatic carbocycles. The van der Waals surface area contributed by atoms with Gasteiger partial charge in [0.15, 0.2) is 0 Å². The summed E-state index contributed by atoms with van der Waals surface area (Å²) in [7, 11) is 0. The van der Waals surface area contributed by atoms with Crippen LogP contribution in [-0.4, -0.2) is 111 Å². The Hall–Kier alpha value is -5.26. The van der Waals surface area contributed by atoms with E-state index in [1.807, 2.05) is 0 Å². The van der Waals surface area contributed by atoms with Crippen LogP contribution in [0.4, 0.5) is 0 Å². The zero-order valence-electron chi connectivity index (χ0n) is 30.7. The summed E-state index contributed by atoms with van der Waals surface area (Å²) >= 11 is 0. The third kappa shape index (κ3) is 20.7. The van der Waals surface area contributed by atoms with Crippen molar-refractivity contribution in [1.82, 2.24) is 20.2 Å². The van der Waals surface area contributed by atoms with Crippen LogP contribution in [0.5, 0.6) is 0 Å². The summed E-state index contributed by atoms with van der Waals surface area (Å²) in [5.74, 6) is -4.35. The molecule has 3 aliphatic heterocycles. The molecule has 0 atom stereocenters. The number of hydrogen-bond acceptors (Lipinski definition) is 12. The minimum atomic E-state index is -0.790. The molecule has 54 heavy (non-hydrogen) atoms. The Morgan fingerprint density at radius 1 is 0.574 bits per heavy atom. The second-order valence-electron chi connectivity index (χ2n) is 12.5. The van der Waals surface area contributed by atoms with Crippen molar-refractivity contribution >= 4 is 59.3 Å². The summed E-state index contributed by atoms with van der Waals surface area (Å²) < 4.78 is 0. The number of unbranched alkanes of at least 4 members (excludes halogenated alkanes) is 8. The minimum Gasteiger partial charge on any atom is -0.481 e. The molecule has 0 radical (unpaired) electrons. The largest absolute Gasteiger partial charge is 0.481 e. The molecule has 0 bridgehead atoms. The van der Waals surface area contributed by atoms with E-state index in [-0.39, 0.29) is 61.6 Å². The van der Waals surface area contributed by atoms with E-state index in [0.29, 0.717) is 76.2 Å². The van der Waals surface area contributed by atoms with Crippen LogP contribution < -0.4 is 11.1 Å². The number of carboxylic acids is 2. The van der Waals surface area contributed by atoms with E-state index in [0.717, 1.165) is 43.4 Å².